The highest BCUT2D eigenvalue weighted by molar-refractivity contribution is 7.89. The van der Waals surface area contributed by atoms with E-state index in [2.05, 4.69) is 4.72 Å². The van der Waals surface area contributed by atoms with Gasteiger partial charge < -0.3 is 9.64 Å². The monoisotopic (exact) mass is 484 g/mol. The lowest BCUT2D eigenvalue weighted by molar-refractivity contribution is 0.0729. The van der Waals surface area contributed by atoms with Crippen LogP contribution in [0.25, 0.3) is 0 Å². The molecule has 33 heavy (non-hydrogen) atoms. The molecule has 0 heterocycles. The Kier molecular flexibility index (Phi) is 7.02. The number of amides is 1. The van der Waals surface area contributed by atoms with Crippen molar-refractivity contribution in [3.63, 3.8) is 0 Å². The number of nitrogens with one attached hydrogen (secondary N) is 1. The van der Waals surface area contributed by atoms with Crippen molar-refractivity contribution in [2.45, 2.75) is 36.9 Å². The normalized spacial score (nSPS) is 13.5. The predicted octanol–water partition coefficient (Wildman–Crippen LogP) is 4.63. The summed E-state index contributed by atoms with van der Waals surface area (Å²) in [6, 6.07) is 21.4. The Hall–Kier alpha value is -2.87. The van der Waals surface area contributed by atoms with Crippen LogP contribution in [0.4, 0.5) is 0 Å². The third-order valence-corrected chi connectivity index (χ3v) is 7.20. The molecule has 8 heteroatoms. The Bertz CT molecular complexity index is 1230. The number of methoxy groups -OCH3 is 1. The summed E-state index contributed by atoms with van der Waals surface area (Å²) in [6.07, 6.45) is 1.89. The summed E-state index contributed by atoms with van der Waals surface area (Å²) in [5.74, 6) is -0.0191. The van der Waals surface area contributed by atoms with Gasteiger partial charge in [-0.25, -0.2) is 13.1 Å². The highest BCUT2D eigenvalue weighted by Gasteiger charge is 2.34. The molecule has 1 amide bonds. The summed E-state index contributed by atoms with van der Waals surface area (Å²) in [6.45, 7) is 0.566. The molecule has 4 rings (SSSR count). The number of halogens is 1. The first-order valence-electron chi connectivity index (χ1n) is 10.6. The smallest absolute Gasteiger partial charge is 0.254 e. The zero-order valence-electron chi connectivity index (χ0n) is 18.2. The Labute approximate surface area is 199 Å². The molecule has 1 aliphatic carbocycles. The predicted molar refractivity (Wildman–Crippen MR) is 128 cm³/mol. The molecule has 0 bridgehead atoms. The van der Waals surface area contributed by atoms with Crippen molar-refractivity contribution >= 4 is 27.5 Å². The van der Waals surface area contributed by atoms with Crippen molar-refractivity contribution in [3.05, 3.63) is 94.5 Å². The number of carbonyl (C=O) groups is 1. The van der Waals surface area contributed by atoms with Crippen molar-refractivity contribution in [1.29, 1.82) is 0 Å². The third-order valence-electron chi connectivity index (χ3n) is 5.52. The zero-order chi connectivity index (χ0) is 23.4. The number of sulfonamides is 1. The van der Waals surface area contributed by atoms with E-state index >= 15 is 0 Å². The first-order chi connectivity index (χ1) is 15.9. The van der Waals surface area contributed by atoms with E-state index in [9.17, 15) is 13.2 Å². The van der Waals surface area contributed by atoms with Crippen LogP contribution in [-0.4, -0.2) is 32.4 Å². The number of carbonyl (C=O) groups excluding carboxylic acids is 1. The fourth-order valence-corrected chi connectivity index (χ4v) is 4.91. The van der Waals surface area contributed by atoms with Crippen molar-refractivity contribution in [3.8, 4) is 5.75 Å². The van der Waals surface area contributed by atoms with Crippen LogP contribution in [-0.2, 0) is 23.1 Å². The molecule has 0 unspecified atom stereocenters. The van der Waals surface area contributed by atoms with Crippen LogP contribution in [0.5, 0.6) is 5.75 Å². The molecule has 0 spiro atoms. The second-order valence-electron chi connectivity index (χ2n) is 7.97. The Balaban J connectivity index is 1.58. The van der Waals surface area contributed by atoms with Crippen LogP contribution in [0.3, 0.4) is 0 Å². The molecule has 0 saturated heterocycles. The molecule has 3 aromatic rings. The molecular weight excluding hydrogens is 460 g/mol. The van der Waals surface area contributed by atoms with E-state index in [0.717, 1.165) is 24.0 Å². The molecule has 0 atom stereocenters. The number of hydrogen-bond acceptors (Lipinski definition) is 4. The number of benzene rings is 3. The fourth-order valence-electron chi connectivity index (χ4n) is 3.58. The fraction of sp³-hybridized carbons (Fsp3) is 0.240. The molecule has 6 nitrogen and oxygen atoms in total. The molecule has 3 aromatic carbocycles. The summed E-state index contributed by atoms with van der Waals surface area (Å²) in [5, 5.41) is 0.574. The van der Waals surface area contributed by atoms with Gasteiger partial charge in [0.25, 0.3) is 5.91 Å². The third kappa shape index (κ3) is 5.74. The topological polar surface area (TPSA) is 75.7 Å². The number of nitrogens with zero attached hydrogens (tertiary/aromatic N) is 1. The van der Waals surface area contributed by atoms with Gasteiger partial charge in [0.05, 0.1) is 7.11 Å². The number of ether oxygens (including phenoxy) is 1. The van der Waals surface area contributed by atoms with Gasteiger partial charge in [0.2, 0.25) is 10.0 Å². The van der Waals surface area contributed by atoms with Crippen molar-refractivity contribution in [2.24, 2.45) is 0 Å². The van der Waals surface area contributed by atoms with E-state index in [1.54, 1.807) is 30.3 Å². The average molecular weight is 485 g/mol. The van der Waals surface area contributed by atoms with Crippen molar-refractivity contribution in [1.82, 2.24) is 9.62 Å². The van der Waals surface area contributed by atoms with E-state index in [0.29, 0.717) is 17.1 Å². The summed E-state index contributed by atoms with van der Waals surface area (Å²) in [7, 11) is -2.53. The molecule has 172 valence electrons. The summed E-state index contributed by atoms with van der Waals surface area (Å²) >= 11 is 5.90. The lowest BCUT2D eigenvalue weighted by atomic mass is 10.1. The van der Waals surface area contributed by atoms with E-state index in [4.69, 9.17) is 16.3 Å². The minimum atomic E-state index is -3.94. The van der Waals surface area contributed by atoms with Crippen molar-refractivity contribution in [2.75, 3.05) is 7.11 Å². The minimum absolute atomic E-state index is 0.0692. The lowest BCUT2D eigenvalue weighted by Crippen LogP contribution is -2.33. The second-order valence-corrected chi connectivity index (χ2v) is 10.1. The highest BCUT2D eigenvalue weighted by Crippen LogP contribution is 2.32. The van der Waals surface area contributed by atoms with Gasteiger partial charge in [0.1, 0.15) is 10.6 Å². The Morgan fingerprint density at radius 1 is 1.03 bits per heavy atom. The molecular formula is C25H25ClN2O4S. The summed E-state index contributed by atoms with van der Waals surface area (Å²) < 4.78 is 34.1. The lowest BCUT2D eigenvalue weighted by Gasteiger charge is -2.23. The van der Waals surface area contributed by atoms with Gasteiger partial charge in [0.15, 0.2) is 0 Å². The van der Waals surface area contributed by atoms with Gasteiger partial charge in [-0.15, -0.1) is 0 Å². The first-order valence-corrected chi connectivity index (χ1v) is 12.5. The zero-order valence-corrected chi connectivity index (χ0v) is 19.8. The molecule has 1 saturated carbocycles. The first kappa shape index (κ1) is 23.3. The minimum Gasteiger partial charge on any atom is -0.495 e. The average Bonchev–Trinajstić information content (AvgIpc) is 3.67. The number of hydrogen-bond donors (Lipinski definition) is 1. The van der Waals surface area contributed by atoms with E-state index in [1.165, 1.54) is 19.2 Å². The maximum Gasteiger partial charge on any atom is 0.254 e. The van der Waals surface area contributed by atoms with Gasteiger partial charge in [-0.2, -0.15) is 0 Å². The van der Waals surface area contributed by atoms with Gasteiger partial charge in [0, 0.05) is 29.7 Å². The largest absolute Gasteiger partial charge is 0.495 e. The standard InChI is InChI=1S/C25H25ClN2O4S/c1-32-23-14-9-20(25(29)28(22-12-13-22)17-19-5-3-2-4-6-19)15-24(23)33(30,31)27-16-18-7-10-21(26)11-8-18/h2-11,14-15,22,27H,12-13,16-17H2,1H3. The summed E-state index contributed by atoms with van der Waals surface area (Å²) in [5.41, 5.74) is 2.10. The van der Waals surface area contributed by atoms with Crippen molar-refractivity contribution < 1.29 is 17.9 Å². The second kappa shape index (κ2) is 9.95. The molecule has 1 fully saturated rings. The van der Waals surface area contributed by atoms with Gasteiger partial charge >= 0.3 is 0 Å². The van der Waals surface area contributed by atoms with Gasteiger partial charge in [-0.3, -0.25) is 4.79 Å². The molecule has 1 aliphatic rings. The summed E-state index contributed by atoms with van der Waals surface area (Å²) in [4.78, 5) is 15.1. The maximum absolute atomic E-state index is 13.4. The number of rotatable bonds is 9. The van der Waals surface area contributed by atoms with Crippen LogP contribution >= 0.6 is 11.6 Å². The molecule has 0 aromatic heterocycles. The molecule has 1 N–H and O–H groups in total. The SMILES string of the molecule is COc1ccc(C(=O)N(Cc2ccccc2)C2CC2)cc1S(=O)(=O)NCc1ccc(Cl)cc1. The van der Waals surface area contributed by atoms with Crippen LogP contribution in [0.2, 0.25) is 5.02 Å². The molecule has 0 aliphatic heterocycles. The highest BCUT2D eigenvalue weighted by atomic mass is 35.5. The van der Waals surface area contributed by atoms with E-state index in [-0.39, 0.29) is 29.1 Å². The Morgan fingerprint density at radius 2 is 1.73 bits per heavy atom. The van der Waals surface area contributed by atoms with Crippen LogP contribution < -0.4 is 9.46 Å². The van der Waals surface area contributed by atoms with Crippen LogP contribution in [0, 0.1) is 0 Å². The maximum atomic E-state index is 13.4. The van der Waals surface area contributed by atoms with E-state index < -0.39 is 10.0 Å². The molecule has 0 radical (unpaired) electrons. The quantitative estimate of drug-likeness (QED) is 0.480. The van der Waals surface area contributed by atoms with Crippen LogP contribution in [0.1, 0.15) is 34.3 Å². The Morgan fingerprint density at radius 3 is 2.36 bits per heavy atom. The van der Waals surface area contributed by atoms with Crippen LogP contribution in [0.15, 0.2) is 77.7 Å². The van der Waals surface area contributed by atoms with Gasteiger partial charge in [-0.05, 0) is 54.3 Å². The van der Waals surface area contributed by atoms with Gasteiger partial charge in [-0.1, -0.05) is 54.1 Å². The van der Waals surface area contributed by atoms with E-state index in [1.807, 2.05) is 35.2 Å².